The fourth-order valence-corrected chi connectivity index (χ4v) is 3.14. The summed E-state index contributed by atoms with van der Waals surface area (Å²) in [6, 6.07) is 10.1. The number of hydrogen-bond acceptors (Lipinski definition) is 4. The molecule has 0 saturated carbocycles. The number of benzene rings is 2. The second-order valence-corrected chi connectivity index (χ2v) is 8.07. The molecular formula is C29H42ClN3O4. The molecule has 0 aliphatic heterocycles. The van der Waals surface area contributed by atoms with Crippen molar-refractivity contribution in [3.63, 3.8) is 0 Å². The number of anilines is 2. The number of methoxy groups -OCH3 is 1. The van der Waals surface area contributed by atoms with E-state index in [0.29, 0.717) is 22.0 Å². The summed E-state index contributed by atoms with van der Waals surface area (Å²) in [6.07, 6.45) is 4.71. The number of ether oxygens (including phenoxy) is 1. The van der Waals surface area contributed by atoms with Gasteiger partial charge in [0.1, 0.15) is 6.79 Å². The third-order valence-corrected chi connectivity index (χ3v) is 4.64. The van der Waals surface area contributed by atoms with Gasteiger partial charge in [0, 0.05) is 41.9 Å². The second-order valence-electron chi connectivity index (χ2n) is 7.63. The minimum Gasteiger partial charge on any atom is -0.388 e. The number of hydrogen-bond donors (Lipinski definition) is 3. The Morgan fingerprint density at radius 3 is 1.89 bits per heavy atom. The number of rotatable bonds is 6. The lowest BCUT2D eigenvalue weighted by Gasteiger charge is -2.12. The number of carbonyl (C=O) groups excluding carboxylic acids is 3. The summed E-state index contributed by atoms with van der Waals surface area (Å²) in [5, 5.41) is 8.99. The highest BCUT2D eigenvalue weighted by molar-refractivity contribution is 6.31. The molecule has 0 saturated heterocycles. The Morgan fingerprint density at radius 1 is 0.946 bits per heavy atom. The molecule has 0 aliphatic rings. The lowest BCUT2D eigenvalue weighted by molar-refractivity contribution is -0.0980. The smallest absolute Gasteiger partial charge is 0.323 e. The Hall–Kier alpha value is -3.42. The van der Waals surface area contributed by atoms with Gasteiger partial charge >= 0.3 is 6.03 Å². The van der Waals surface area contributed by atoms with Gasteiger partial charge in [-0.05, 0) is 87.7 Å². The van der Waals surface area contributed by atoms with Crippen LogP contribution in [0.25, 0.3) is 0 Å². The minimum atomic E-state index is -0.413. The molecule has 2 rings (SSSR count). The summed E-state index contributed by atoms with van der Waals surface area (Å²) < 4.78 is 4.25. The molecule has 0 fully saturated rings. The number of allylic oxidation sites excluding steroid dienone is 3. The number of amides is 3. The summed E-state index contributed by atoms with van der Waals surface area (Å²) in [5.41, 5.74) is 5.30. The van der Waals surface area contributed by atoms with Crippen LogP contribution >= 0.6 is 11.6 Å². The maximum Gasteiger partial charge on any atom is 0.323 e. The highest BCUT2D eigenvalue weighted by Gasteiger charge is 2.11. The zero-order valence-electron chi connectivity index (χ0n) is 23.5. The molecule has 3 N–H and O–H groups in total. The van der Waals surface area contributed by atoms with Crippen molar-refractivity contribution in [2.75, 3.05) is 24.9 Å². The number of aryl methyl sites for hydroxylation is 2. The average molecular weight is 532 g/mol. The fourth-order valence-electron chi connectivity index (χ4n) is 2.85. The first-order chi connectivity index (χ1) is 17.6. The molecule has 7 nitrogen and oxygen atoms in total. The van der Waals surface area contributed by atoms with E-state index >= 15 is 0 Å². The quantitative estimate of drug-likeness (QED) is 0.333. The summed E-state index contributed by atoms with van der Waals surface area (Å²) in [7, 11) is 3.25. The van der Waals surface area contributed by atoms with Crippen LogP contribution in [-0.2, 0) is 9.53 Å². The van der Waals surface area contributed by atoms with Crippen molar-refractivity contribution in [3.05, 3.63) is 81.5 Å². The summed E-state index contributed by atoms with van der Waals surface area (Å²) in [4.78, 5) is 33.1. The summed E-state index contributed by atoms with van der Waals surface area (Å²) >= 11 is 6.04. The van der Waals surface area contributed by atoms with Crippen LogP contribution in [0.5, 0.6) is 0 Å². The monoisotopic (exact) mass is 531 g/mol. The maximum absolute atomic E-state index is 12.7. The number of carbonyl (C=O) groups is 3. The fraction of sp³-hybridized carbons (Fsp3) is 0.345. The van der Waals surface area contributed by atoms with Crippen LogP contribution in [-0.4, -0.2) is 32.9 Å². The van der Waals surface area contributed by atoms with E-state index in [9.17, 15) is 9.59 Å². The van der Waals surface area contributed by atoms with Gasteiger partial charge in [0.2, 0.25) is 0 Å². The van der Waals surface area contributed by atoms with Crippen molar-refractivity contribution in [2.45, 2.75) is 54.9 Å². The molecule has 0 radical (unpaired) electrons. The average Bonchev–Trinajstić information content (AvgIpc) is 2.85. The van der Waals surface area contributed by atoms with Crippen molar-refractivity contribution in [2.24, 2.45) is 0 Å². The Morgan fingerprint density at radius 2 is 1.43 bits per heavy atom. The highest BCUT2D eigenvalue weighted by atomic mass is 35.5. The zero-order valence-corrected chi connectivity index (χ0v) is 24.3. The van der Waals surface area contributed by atoms with Gasteiger partial charge in [0.15, 0.2) is 0 Å². The van der Waals surface area contributed by atoms with E-state index in [1.165, 1.54) is 5.57 Å². The predicted molar refractivity (Wildman–Crippen MR) is 157 cm³/mol. The van der Waals surface area contributed by atoms with Gasteiger partial charge in [-0.1, -0.05) is 44.0 Å². The Bertz CT molecular complexity index is 1030. The SMILES string of the molecule is C/C=C(\C=C(\C)CC)NC(=O)c1cc(C)cc(NC(=O)Nc2cc(C)cc(Cl)c2)c1.C=O.CC.COC. The minimum absolute atomic E-state index is 0.235. The van der Waals surface area contributed by atoms with Gasteiger partial charge in [0.05, 0.1) is 0 Å². The molecule has 8 heteroatoms. The Kier molecular flexibility index (Phi) is 20.0. The van der Waals surface area contributed by atoms with Crippen molar-refractivity contribution >= 4 is 41.7 Å². The second kappa shape index (κ2) is 20.7. The lowest BCUT2D eigenvalue weighted by Crippen LogP contribution is -2.23. The normalized spacial score (nSPS) is 10.3. The lowest BCUT2D eigenvalue weighted by atomic mass is 10.1. The first-order valence-corrected chi connectivity index (χ1v) is 12.3. The topological polar surface area (TPSA) is 96.5 Å². The molecule has 2 aromatic carbocycles. The molecule has 0 unspecified atom stereocenters. The highest BCUT2D eigenvalue weighted by Crippen LogP contribution is 2.20. The molecule has 0 aliphatic carbocycles. The van der Waals surface area contributed by atoms with Gasteiger partial charge in [-0.15, -0.1) is 0 Å². The van der Waals surface area contributed by atoms with Crippen LogP contribution in [0.4, 0.5) is 16.2 Å². The molecular weight excluding hydrogens is 490 g/mol. The van der Waals surface area contributed by atoms with E-state index in [1.54, 1.807) is 38.5 Å². The van der Waals surface area contributed by atoms with Crippen LogP contribution in [0, 0.1) is 13.8 Å². The Labute approximate surface area is 227 Å². The van der Waals surface area contributed by atoms with Crippen LogP contribution < -0.4 is 16.0 Å². The summed E-state index contributed by atoms with van der Waals surface area (Å²) in [5.74, 6) is -0.235. The molecule has 204 valence electrons. The van der Waals surface area contributed by atoms with Crippen molar-refractivity contribution < 1.29 is 19.1 Å². The third-order valence-electron chi connectivity index (χ3n) is 4.43. The van der Waals surface area contributed by atoms with Crippen molar-refractivity contribution in [1.82, 2.24) is 5.32 Å². The zero-order chi connectivity index (χ0) is 29.0. The van der Waals surface area contributed by atoms with Gasteiger partial charge < -0.3 is 25.5 Å². The van der Waals surface area contributed by atoms with Crippen molar-refractivity contribution in [3.8, 4) is 0 Å². The van der Waals surface area contributed by atoms with E-state index < -0.39 is 6.03 Å². The van der Waals surface area contributed by atoms with E-state index in [-0.39, 0.29) is 5.91 Å². The Balaban J connectivity index is 0. The van der Waals surface area contributed by atoms with Crippen LogP contribution in [0.15, 0.2) is 59.8 Å². The predicted octanol–water partition coefficient (Wildman–Crippen LogP) is 7.69. The first-order valence-electron chi connectivity index (χ1n) is 11.9. The first kappa shape index (κ1) is 35.7. The molecule has 0 aromatic heterocycles. The van der Waals surface area contributed by atoms with E-state index in [2.05, 4.69) is 27.6 Å². The molecule has 0 bridgehead atoms. The largest absolute Gasteiger partial charge is 0.388 e. The molecule has 3 amide bonds. The maximum atomic E-state index is 12.7. The van der Waals surface area contributed by atoms with E-state index in [1.807, 2.05) is 72.6 Å². The molecule has 0 heterocycles. The van der Waals surface area contributed by atoms with E-state index in [0.717, 1.165) is 23.2 Å². The van der Waals surface area contributed by atoms with Crippen molar-refractivity contribution in [1.29, 1.82) is 0 Å². The number of nitrogens with one attached hydrogen (secondary N) is 3. The van der Waals surface area contributed by atoms with E-state index in [4.69, 9.17) is 16.4 Å². The van der Waals surface area contributed by atoms with Gasteiger partial charge in [0.25, 0.3) is 5.91 Å². The molecule has 0 atom stereocenters. The van der Waals surface area contributed by atoms with Gasteiger partial charge in [-0.25, -0.2) is 4.79 Å². The van der Waals surface area contributed by atoms with Gasteiger partial charge in [-0.3, -0.25) is 4.79 Å². The standard InChI is InChI=1S/C24H28ClN3O2.C2H6O.C2H6.CH2O/c1-6-15(3)10-20(7-2)26-23(29)18-8-16(4)11-21(13-18)27-24(30)28-22-12-17(5)9-19(25)14-22;1-3-2;2*1-2/h7-14H,6H2,1-5H3,(H,26,29)(H2,27,28,30);1-2H3;1-2H3;1H2/b15-10-,20-7+;;;. The van der Waals surface area contributed by atoms with Gasteiger partial charge in [-0.2, -0.15) is 0 Å². The van der Waals surface area contributed by atoms with Crippen LogP contribution in [0.1, 0.15) is 62.5 Å². The molecule has 2 aromatic rings. The molecule has 0 spiro atoms. The van der Waals surface area contributed by atoms with Crippen LogP contribution in [0.3, 0.4) is 0 Å². The molecule has 37 heavy (non-hydrogen) atoms. The summed E-state index contributed by atoms with van der Waals surface area (Å²) in [6.45, 7) is 15.7. The third kappa shape index (κ3) is 15.3. The number of urea groups is 1. The number of halogens is 1. The van der Waals surface area contributed by atoms with Crippen LogP contribution in [0.2, 0.25) is 5.02 Å².